The lowest BCUT2D eigenvalue weighted by atomic mass is 10.0. The average Bonchev–Trinajstić information content (AvgIpc) is 2.15. The second kappa shape index (κ2) is 5.49. The Morgan fingerprint density at radius 3 is 2.71 bits per heavy atom. The van der Waals surface area contributed by atoms with Crippen molar-refractivity contribution in [1.29, 1.82) is 0 Å². The van der Waals surface area contributed by atoms with Crippen LogP contribution in [0.1, 0.15) is 30.6 Å². The minimum absolute atomic E-state index is 0.310. The summed E-state index contributed by atoms with van der Waals surface area (Å²) in [7, 11) is 0. The quantitative estimate of drug-likeness (QED) is 0.840. The zero-order valence-corrected chi connectivity index (χ0v) is 11.3. The van der Waals surface area contributed by atoms with E-state index in [1.54, 1.807) is 0 Å². The van der Waals surface area contributed by atoms with Crippen molar-refractivity contribution in [3.63, 3.8) is 0 Å². The summed E-state index contributed by atoms with van der Waals surface area (Å²) >= 11 is 3.29. The van der Waals surface area contributed by atoms with E-state index in [-0.39, 0.29) is 11.3 Å². The first-order valence-corrected chi connectivity index (χ1v) is 6.35. The van der Waals surface area contributed by atoms with Gasteiger partial charge in [-0.15, -0.1) is 0 Å². The van der Waals surface area contributed by atoms with Gasteiger partial charge in [-0.2, -0.15) is 0 Å². The molecule has 1 aromatic carbocycles. The molecule has 94 valence electrons. The molecule has 0 saturated heterocycles. The van der Waals surface area contributed by atoms with Gasteiger partial charge < -0.3 is 10.4 Å². The molecule has 0 aliphatic carbocycles. The predicted octanol–water partition coefficient (Wildman–Crippen LogP) is 2.82. The molecule has 0 bridgehead atoms. The van der Waals surface area contributed by atoms with Gasteiger partial charge in [-0.1, -0.05) is 22.0 Å². The highest BCUT2D eigenvalue weighted by Gasteiger charge is 2.24. The number of hydrogen-bond donors (Lipinski definition) is 2. The van der Waals surface area contributed by atoms with Crippen molar-refractivity contribution in [2.75, 3.05) is 5.33 Å². The van der Waals surface area contributed by atoms with Crippen LogP contribution in [0.3, 0.4) is 0 Å². The number of nitrogens with one attached hydrogen (secondary N) is 1. The molecule has 0 spiro atoms. The molecule has 0 radical (unpaired) electrons. The highest BCUT2D eigenvalue weighted by atomic mass is 79.9. The number of alkyl halides is 1. The van der Waals surface area contributed by atoms with Crippen LogP contribution in [0.5, 0.6) is 5.75 Å². The van der Waals surface area contributed by atoms with Gasteiger partial charge in [0.1, 0.15) is 17.1 Å². The Morgan fingerprint density at radius 1 is 1.53 bits per heavy atom. The number of amides is 1. The first-order valence-electron chi connectivity index (χ1n) is 5.23. The highest BCUT2D eigenvalue weighted by molar-refractivity contribution is 9.09. The highest BCUT2D eigenvalue weighted by Crippen LogP contribution is 2.21. The number of aromatic hydroxyl groups is 1. The standard InChI is InChI=1S/C12H15BrFNO2/c1-12(2,6-7-13)15-11(17)10-8(14)4-3-5-9(10)16/h3-5,16H,6-7H2,1-2H3,(H,15,17). The van der Waals surface area contributed by atoms with Crippen LogP contribution in [0.2, 0.25) is 0 Å². The third-order valence-electron chi connectivity index (χ3n) is 2.39. The van der Waals surface area contributed by atoms with Crippen molar-refractivity contribution in [2.24, 2.45) is 0 Å². The van der Waals surface area contributed by atoms with Gasteiger partial charge in [0, 0.05) is 10.9 Å². The number of hydrogen-bond acceptors (Lipinski definition) is 2. The summed E-state index contributed by atoms with van der Waals surface area (Å²) in [6.07, 6.45) is 0.702. The molecular formula is C12H15BrFNO2. The largest absolute Gasteiger partial charge is 0.507 e. The second-order valence-corrected chi connectivity index (χ2v) is 5.20. The number of rotatable bonds is 4. The topological polar surface area (TPSA) is 49.3 Å². The smallest absolute Gasteiger partial charge is 0.258 e. The van der Waals surface area contributed by atoms with Gasteiger partial charge in [0.15, 0.2) is 0 Å². The molecule has 0 heterocycles. The number of phenolic OH excluding ortho intramolecular Hbond substituents is 1. The summed E-state index contributed by atoms with van der Waals surface area (Å²) in [6.45, 7) is 3.67. The molecule has 3 nitrogen and oxygen atoms in total. The Hall–Kier alpha value is -1.10. The van der Waals surface area contributed by atoms with Crippen LogP contribution in [0, 0.1) is 5.82 Å². The summed E-state index contributed by atoms with van der Waals surface area (Å²) in [4.78, 5) is 11.9. The van der Waals surface area contributed by atoms with Gasteiger partial charge in [0.05, 0.1) is 0 Å². The van der Waals surface area contributed by atoms with E-state index in [1.165, 1.54) is 12.1 Å². The van der Waals surface area contributed by atoms with Gasteiger partial charge in [-0.3, -0.25) is 4.79 Å². The second-order valence-electron chi connectivity index (χ2n) is 4.41. The normalized spacial score (nSPS) is 11.3. The van der Waals surface area contributed by atoms with E-state index in [2.05, 4.69) is 21.2 Å². The summed E-state index contributed by atoms with van der Waals surface area (Å²) in [5.74, 6) is -1.68. The SMILES string of the molecule is CC(C)(CCBr)NC(=O)c1c(O)cccc1F. The number of benzene rings is 1. The van der Waals surface area contributed by atoms with Crippen LogP contribution in [-0.2, 0) is 0 Å². The van der Waals surface area contributed by atoms with E-state index in [0.717, 1.165) is 11.4 Å². The van der Waals surface area contributed by atoms with E-state index >= 15 is 0 Å². The number of carbonyl (C=O) groups is 1. The van der Waals surface area contributed by atoms with Crippen LogP contribution in [0.4, 0.5) is 4.39 Å². The third-order valence-corrected chi connectivity index (χ3v) is 2.79. The Labute approximate surface area is 108 Å². The maximum atomic E-state index is 13.4. The fraction of sp³-hybridized carbons (Fsp3) is 0.417. The van der Waals surface area contributed by atoms with Crippen molar-refractivity contribution in [1.82, 2.24) is 5.32 Å². The molecule has 0 atom stereocenters. The van der Waals surface area contributed by atoms with Crippen LogP contribution in [0.15, 0.2) is 18.2 Å². The van der Waals surface area contributed by atoms with E-state index in [1.807, 2.05) is 13.8 Å². The Bertz CT molecular complexity index is 401. The lowest BCUT2D eigenvalue weighted by Crippen LogP contribution is -2.44. The van der Waals surface area contributed by atoms with Gasteiger partial charge in [0.2, 0.25) is 0 Å². The molecule has 0 aliphatic rings. The molecule has 2 N–H and O–H groups in total. The van der Waals surface area contributed by atoms with Gasteiger partial charge in [-0.25, -0.2) is 4.39 Å². The average molecular weight is 304 g/mol. The van der Waals surface area contributed by atoms with Crippen LogP contribution >= 0.6 is 15.9 Å². The monoisotopic (exact) mass is 303 g/mol. The zero-order chi connectivity index (χ0) is 13.1. The summed E-state index contributed by atoms with van der Waals surface area (Å²) in [6, 6.07) is 3.78. The van der Waals surface area contributed by atoms with Crippen molar-refractivity contribution in [2.45, 2.75) is 25.8 Å². The van der Waals surface area contributed by atoms with Crippen LogP contribution < -0.4 is 5.32 Å². The Kier molecular flexibility index (Phi) is 4.51. The van der Waals surface area contributed by atoms with E-state index < -0.39 is 17.3 Å². The molecule has 0 saturated carbocycles. The maximum absolute atomic E-state index is 13.4. The molecule has 0 aliphatic heterocycles. The lowest BCUT2D eigenvalue weighted by Gasteiger charge is -2.25. The fourth-order valence-electron chi connectivity index (χ4n) is 1.41. The number of carbonyl (C=O) groups excluding carboxylic acids is 1. The molecular weight excluding hydrogens is 289 g/mol. The van der Waals surface area contributed by atoms with E-state index in [9.17, 15) is 14.3 Å². The fourth-order valence-corrected chi connectivity index (χ4v) is 2.40. The minimum Gasteiger partial charge on any atom is -0.507 e. The van der Waals surface area contributed by atoms with Crippen LogP contribution in [0.25, 0.3) is 0 Å². The molecule has 0 fully saturated rings. The van der Waals surface area contributed by atoms with Gasteiger partial charge >= 0.3 is 0 Å². The molecule has 0 unspecified atom stereocenters. The lowest BCUT2D eigenvalue weighted by molar-refractivity contribution is 0.0905. The third kappa shape index (κ3) is 3.70. The van der Waals surface area contributed by atoms with Crippen molar-refractivity contribution < 1.29 is 14.3 Å². The molecule has 1 amide bonds. The van der Waals surface area contributed by atoms with E-state index in [4.69, 9.17) is 0 Å². The molecule has 17 heavy (non-hydrogen) atoms. The van der Waals surface area contributed by atoms with Gasteiger partial charge in [0.25, 0.3) is 5.91 Å². The molecule has 5 heteroatoms. The van der Waals surface area contributed by atoms with Gasteiger partial charge in [-0.05, 0) is 32.4 Å². The first-order chi connectivity index (χ1) is 7.87. The predicted molar refractivity (Wildman–Crippen MR) is 68.0 cm³/mol. The van der Waals surface area contributed by atoms with Crippen molar-refractivity contribution in [3.8, 4) is 5.75 Å². The maximum Gasteiger partial charge on any atom is 0.258 e. The number of phenols is 1. The zero-order valence-electron chi connectivity index (χ0n) is 9.76. The van der Waals surface area contributed by atoms with Crippen LogP contribution in [-0.4, -0.2) is 21.9 Å². The molecule has 1 rings (SSSR count). The summed E-state index contributed by atoms with van der Waals surface area (Å²) < 4.78 is 13.4. The minimum atomic E-state index is -0.725. The van der Waals surface area contributed by atoms with Crippen molar-refractivity contribution >= 4 is 21.8 Å². The summed E-state index contributed by atoms with van der Waals surface area (Å²) in [5, 5.41) is 12.9. The molecule has 1 aromatic rings. The Balaban J connectivity index is 2.91. The van der Waals surface area contributed by atoms with E-state index in [0.29, 0.717) is 6.42 Å². The summed E-state index contributed by atoms with van der Waals surface area (Å²) in [5.41, 5.74) is -0.773. The first kappa shape index (κ1) is 14.0. The Morgan fingerprint density at radius 2 is 2.18 bits per heavy atom. The number of halogens is 2. The van der Waals surface area contributed by atoms with Crippen molar-refractivity contribution in [3.05, 3.63) is 29.6 Å². The molecule has 0 aromatic heterocycles.